The zero-order valence-electron chi connectivity index (χ0n) is 12.7. The van der Waals surface area contributed by atoms with Crippen LogP contribution in [0.5, 0.6) is 0 Å². The number of aromatic nitrogens is 2. The summed E-state index contributed by atoms with van der Waals surface area (Å²) >= 11 is 3.33. The Labute approximate surface area is 146 Å². The second-order valence-corrected chi connectivity index (χ2v) is 6.51. The van der Waals surface area contributed by atoms with Crippen molar-refractivity contribution in [1.82, 2.24) is 14.7 Å². The maximum atomic E-state index is 13.0. The molecule has 0 unspecified atom stereocenters. The van der Waals surface area contributed by atoms with Crippen LogP contribution in [-0.4, -0.2) is 44.8 Å². The van der Waals surface area contributed by atoms with Crippen molar-refractivity contribution in [2.75, 3.05) is 13.1 Å². The molecule has 8 heteroatoms. The average molecular weight is 396 g/mol. The molecule has 24 heavy (non-hydrogen) atoms. The summed E-state index contributed by atoms with van der Waals surface area (Å²) in [5.41, 5.74) is 0.897. The van der Waals surface area contributed by atoms with Gasteiger partial charge in [0.1, 0.15) is 5.82 Å². The number of nitrogens with zero attached hydrogens (tertiary/aromatic N) is 3. The number of carbonyl (C=O) groups is 2. The van der Waals surface area contributed by atoms with Gasteiger partial charge in [-0.25, -0.2) is 9.07 Å². The molecule has 1 fully saturated rings. The van der Waals surface area contributed by atoms with Crippen LogP contribution < -0.4 is 0 Å². The third-order valence-electron chi connectivity index (χ3n) is 4.09. The first kappa shape index (κ1) is 16.6. The van der Waals surface area contributed by atoms with Gasteiger partial charge in [-0.15, -0.1) is 0 Å². The topological polar surface area (TPSA) is 75.4 Å². The quantitative estimate of drug-likeness (QED) is 0.866. The van der Waals surface area contributed by atoms with E-state index < -0.39 is 11.9 Å². The highest BCUT2D eigenvalue weighted by molar-refractivity contribution is 9.10. The maximum Gasteiger partial charge on any atom is 0.306 e. The van der Waals surface area contributed by atoms with Crippen molar-refractivity contribution in [1.29, 1.82) is 0 Å². The van der Waals surface area contributed by atoms with Crippen LogP contribution >= 0.6 is 15.9 Å². The number of benzene rings is 1. The van der Waals surface area contributed by atoms with Gasteiger partial charge in [-0.2, -0.15) is 5.10 Å². The zero-order valence-corrected chi connectivity index (χ0v) is 14.2. The van der Waals surface area contributed by atoms with Crippen molar-refractivity contribution < 1.29 is 19.1 Å². The summed E-state index contributed by atoms with van der Waals surface area (Å²) in [7, 11) is 0. The number of hydrogen-bond acceptors (Lipinski definition) is 3. The predicted octanol–water partition coefficient (Wildman–Crippen LogP) is 2.71. The van der Waals surface area contributed by atoms with Gasteiger partial charge in [0, 0.05) is 19.3 Å². The third-order valence-corrected chi connectivity index (χ3v) is 4.68. The molecular weight excluding hydrogens is 381 g/mol. The monoisotopic (exact) mass is 395 g/mol. The normalized spacial score (nSPS) is 15.5. The second-order valence-electron chi connectivity index (χ2n) is 5.65. The van der Waals surface area contributed by atoms with Gasteiger partial charge in [-0.05, 0) is 53.0 Å². The van der Waals surface area contributed by atoms with Crippen LogP contribution in [0.2, 0.25) is 0 Å². The minimum atomic E-state index is -0.816. The fourth-order valence-electron chi connectivity index (χ4n) is 2.70. The van der Waals surface area contributed by atoms with Crippen LogP contribution in [0.3, 0.4) is 0 Å². The first-order valence-electron chi connectivity index (χ1n) is 7.49. The van der Waals surface area contributed by atoms with Gasteiger partial charge < -0.3 is 10.0 Å². The van der Waals surface area contributed by atoms with E-state index in [1.165, 1.54) is 16.8 Å². The molecule has 0 bridgehead atoms. The van der Waals surface area contributed by atoms with Crippen molar-refractivity contribution >= 4 is 27.8 Å². The maximum absolute atomic E-state index is 13.0. The molecule has 1 N–H and O–H groups in total. The highest BCUT2D eigenvalue weighted by Gasteiger charge is 2.29. The Morgan fingerprint density at radius 2 is 1.83 bits per heavy atom. The lowest BCUT2D eigenvalue weighted by molar-refractivity contribution is -0.143. The van der Waals surface area contributed by atoms with Crippen molar-refractivity contribution in [2.45, 2.75) is 12.8 Å². The van der Waals surface area contributed by atoms with Gasteiger partial charge >= 0.3 is 5.97 Å². The SMILES string of the molecule is O=C(O)C1CCN(C(=O)c2nn(-c3ccc(F)cc3)cc2Br)CC1. The Morgan fingerprint density at radius 3 is 2.42 bits per heavy atom. The molecule has 2 aromatic rings. The van der Waals surface area contributed by atoms with Crippen LogP contribution in [0.15, 0.2) is 34.9 Å². The van der Waals surface area contributed by atoms with Crippen molar-refractivity contribution in [2.24, 2.45) is 5.92 Å². The molecule has 1 aromatic carbocycles. The Kier molecular flexibility index (Phi) is 4.66. The van der Waals surface area contributed by atoms with E-state index >= 15 is 0 Å². The number of halogens is 2. The molecule has 0 spiro atoms. The number of carboxylic acids is 1. The first-order valence-corrected chi connectivity index (χ1v) is 8.28. The summed E-state index contributed by atoms with van der Waals surface area (Å²) in [5, 5.41) is 13.3. The molecule has 0 radical (unpaired) electrons. The Hall–Kier alpha value is -2.22. The van der Waals surface area contributed by atoms with Crippen LogP contribution in [0.4, 0.5) is 4.39 Å². The van der Waals surface area contributed by atoms with E-state index in [0.29, 0.717) is 36.1 Å². The molecule has 1 aliphatic heterocycles. The number of piperidine rings is 1. The minimum Gasteiger partial charge on any atom is -0.481 e. The Balaban J connectivity index is 1.76. The Morgan fingerprint density at radius 1 is 1.21 bits per heavy atom. The van der Waals surface area contributed by atoms with Gasteiger partial charge in [-0.1, -0.05) is 0 Å². The molecule has 1 aliphatic rings. The number of aliphatic carboxylic acids is 1. The lowest BCUT2D eigenvalue weighted by Gasteiger charge is -2.29. The standard InChI is InChI=1S/C16H15BrFN3O3/c17-13-9-21(12-3-1-11(18)2-4-12)19-14(13)15(22)20-7-5-10(6-8-20)16(23)24/h1-4,9-10H,5-8H2,(H,23,24). The summed E-state index contributed by atoms with van der Waals surface area (Å²) in [6, 6.07) is 5.79. The van der Waals surface area contributed by atoms with Gasteiger partial charge in [0.15, 0.2) is 5.69 Å². The number of carboxylic acid groups (broad SMARTS) is 1. The molecule has 0 aliphatic carbocycles. The van der Waals surface area contributed by atoms with Crippen molar-refractivity contribution in [3.05, 3.63) is 46.4 Å². The van der Waals surface area contributed by atoms with E-state index in [-0.39, 0.29) is 17.4 Å². The Bertz CT molecular complexity index is 767. The smallest absolute Gasteiger partial charge is 0.306 e. The van der Waals surface area contributed by atoms with E-state index in [9.17, 15) is 14.0 Å². The average Bonchev–Trinajstić information content (AvgIpc) is 2.96. The summed E-state index contributed by atoms with van der Waals surface area (Å²) in [4.78, 5) is 25.2. The van der Waals surface area contributed by atoms with Gasteiger partial charge in [0.05, 0.1) is 16.1 Å². The van der Waals surface area contributed by atoms with Crippen molar-refractivity contribution in [3.8, 4) is 5.69 Å². The number of hydrogen-bond donors (Lipinski definition) is 1. The highest BCUT2D eigenvalue weighted by Crippen LogP contribution is 2.23. The van der Waals surface area contributed by atoms with Crippen molar-refractivity contribution in [3.63, 3.8) is 0 Å². The minimum absolute atomic E-state index is 0.244. The van der Waals surface area contributed by atoms with E-state index in [0.717, 1.165) is 0 Å². The molecule has 126 valence electrons. The molecule has 1 aromatic heterocycles. The number of rotatable bonds is 3. The highest BCUT2D eigenvalue weighted by atomic mass is 79.9. The third kappa shape index (κ3) is 3.33. The van der Waals surface area contributed by atoms with Crippen LogP contribution in [0, 0.1) is 11.7 Å². The van der Waals surface area contributed by atoms with E-state index in [2.05, 4.69) is 21.0 Å². The molecule has 0 saturated carbocycles. The number of carbonyl (C=O) groups excluding carboxylic acids is 1. The first-order chi connectivity index (χ1) is 11.5. The summed E-state index contributed by atoms with van der Waals surface area (Å²) in [5.74, 6) is -1.80. The predicted molar refractivity (Wildman–Crippen MR) is 87.5 cm³/mol. The molecule has 3 rings (SSSR count). The van der Waals surface area contributed by atoms with Gasteiger partial charge in [0.25, 0.3) is 5.91 Å². The summed E-state index contributed by atoms with van der Waals surface area (Å²) < 4.78 is 15.0. The fraction of sp³-hybridized carbons (Fsp3) is 0.312. The lowest BCUT2D eigenvalue weighted by atomic mass is 9.97. The van der Waals surface area contributed by atoms with E-state index in [4.69, 9.17) is 5.11 Å². The molecule has 2 heterocycles. The summed E-state index contributed by atoms with van der Waals surface area (Å²) in [6.45, 7) is 0.789. The molecule has 1 amide bonds. The lowest BCUT2D eigenvalue weighted by Crippen LogP contribution is -2.40. The largest absolute Gasteiger partial charge is 0.481 e. The molecule has 1 saturated heterocycles. The zero-order chi connectivity index (χ0) is 17.3. The molecular formula is C16H15BrFN3O3. The van der Waals surface area contributed by atoms with E-state index in [1.807, 2.05) is 0 Å². The number of amides is 1. The second kappa shape index (κ2) is 6.72. The molecule has 6 nitrogen and oxygen atoms in total. The summed E-state index contributed by atoms with van der Waals surface area (Å²) in [6.07, 6.45) is 2.53. The van der Waals surface area contributed by atoms with Gasteiger partial charge in [-0.3, -0.25) is 9.59 Å². The van der Waals surface area contributed by atoms with Crippen LogP contribution in [0.25, 0.3) is 5.69 Å². The molecule has 0 atom stereocenters. The van der Waals surface area contributed by atoms with Crippen LogP contribution in [0.1, 0.15) is 23.3 Å². The number of likely N-dealkylation sites (tertiary alicyclic amines) is 1. The van der Waals surface area contributed by atoms with E-state index in [1.54, 1.807) is 23.2 Å². The van der Waals surface area contributed by atoms with Gasteiger partial charge in [0.2, 0.25) is 0 Å². The van der Waals surface area contributed by atoms with Crippen LogP contribution in [-0.2, 0) is 4.79 Å². The fourth-order valence-corrected chi connectivity index (χ4v) is 3.15.